The third kappa shape index (κ3) is 4.07. The lowest BCUT2D eigenvalue weighted by molar-refractivity contribution is -0.144. The van der Waals surface area contributed by atoms with Crippen molar-refractivity contribution in [3.63, 3.8) is 0 Å². The maximum Gasteiger partial charge on any atom is 0.324 e. The quantitative estimate of drug-likeness (QED) is 0.290. The first-order chi connectivity index (χ1) is 9.65. The smallest absolute Gasteiger partial charge is 0.324 e. The lowest BCUT2D eigenvalue weighted by Crippen LogP contribution is -2.53. The molecule has 0 aromatic heterocycles. The van der Waals surface area contributed by atoms with E-state index in [1.165, 1.54) is 18.9 Å². The topological polar surface area (TPSA) is 139 Å². The maximum absolute atomic E-state index is 11.7. The van der Waals surface area contributed by atoms with Gasteiger partial charge in [-0.25, -0.2) is 0 Å². The van der Waals surface area contributed by atoms with E-state index in [2.05, 4.69) is 10.1 Å². The number of aliphatic hydroxyl groups excluding tert-OH is 5. The van der Waals surface area contributed by atoms with Crippen LogP contribution < -0.4 is 5.32 Å². The van der Waals surface area contributed by atoms with Crippen molar-refractivity contribution in [3.8, 4) is 0 Å². The number of ether oxygens (including phenoxy) is 1. The van der Waals surface area contributed by atoms with Crippen LogP contribution in [0.15, 0.2) is 0 Å². The van der Waals surface area contributed by atoms with Crippen molar-refractivity contribution in [3.05, 3.63) is 0 Å². The summed E-state index contributed by atoms with van der Waals surface area (Å²) in [7, 11) is 1.25. The normalized spacial score (nSPS) is 30.5. The van der Waals surface area contributed by atoms with E-state index >= 15 is 0 Å². The van der Waals surface area contributed by atoms with E-state index in [1.54, 1.807) is 13.8 Å². The highest BCUT2D eigenvalue weighted by atomic mass is 32.2. The van der Waals surface area contributed by atoms with E-state index in [1.807, 2.05) is 0 Å². The summed E-state index contributed by atoms with van der Waals surface area (Å²) in [6.45, 7) is 2.82. The molecule has 0 bridgehead atoms. The first kappa shape index (κ1) is 18.6. The fraction of sp³-hybridized carbons (Fsp3) is 0.917. The average Bonchev–Trinajstić information content (AvgIpc) is 2.78. The predicted octanol–water partition coefficient (Wildman–Crippen LogP) is -2.59. The first-order valence-corrected chi connectivity index (χ1v) is 7.38. The van der Waals surface area contributed by atoms with Gasteiger partial charge in [0, 0.05) is 4.75 Å². The van der Waals surface area contributed by atoms with E-state index in [0.29, 0.717) is 0 Å². The van der Waals surface area contributed by atoms with Crippen molar-refractivity contribution < 1.29 is 35.1 Å². The number of thioether (sulfide) groups is 1. The second-order valence-electron chi connectivity index (χ2n) is 5.49. The number of esters is 1. The molecule has 1 aliphatic rings. The molecular weight excluding hydrogens is 302 g/mol. The zero-order chi connectivity index (χ0) is 16.4. The number of carbonyl (C=O) groups is 1. The molecule has 1 rings (SSSR count). The third-order valence-corrected chi connectivity index (χ3v) is 5.00. The van der Waals surface area contributed by atoms with Gasteiger partial charge in [0.25, 0.3) is 0 Å². The third-order valence-electron chi connectivity index (χ3n) is 3.49. The zero-order valence-electron chi connectivity index (χ0n) is 12.1. The molecule has 21 heavy (non-hydrogen) atoms. The van der Waals surface area contributed by atoms with Gasteiger partial charge in [-0.2, -0.15) is 0 Å². The molecule has 1 fully saturated rings. The maximum atomic E-state index is 11.7. The summed E-state index contributed by atoms with van der Waals surface area (Å²) in [6.07, 6.45) is -6.39. The summed E-state index contributed by atoms with van der Waals surface area (Å²) in [6, 6.07) is -0.681. The van der Waals surface area contributed by atoms with Crippen LogP contribution >= 0.6 is 11.8 Å². The minimum absolute atomic E-state index is 0.493. The monoisotopic (exact) mass is 325 g/mol. The predicted molar refractivity (Wildman–Crippen MR) is 75.5 cm³/mol. The number of nitrogens with one attached hydrogen (secondary N) is 1. The molecule has 0 aromatic carbocycles. The van der Waals surface area contributed by atoms with Crippen LogP contribution in [0.25, 0.3) is 0 Å². The van der Waals surface area contributed by atoms with Crippen LogP contribution in [0.2, 0.25) is 0 Å². The van der Waals surface area contributed by atoms with Crippen molar-refractivity contribution >= 4 is 17.7 Å². The number of hydrogen-bond donors (Lipinski definition) is 6. The Balaban J connectivity index is 2.76. The van der Waals surface area contributed by atoms with Gasteiger partial charge in [0.05, 0.1) is 19.1 Å². The van der Waals surface area contributed by atoms with Gasteiger partial charge in [0.1, 0.15) is 30.5 Å². The van der Waals surface area contributed by atoms with E-state index in [4.69, 9.17) is 5.11 Å². The van der Waals surface area contributed by atoms with Crippen molar-refractivity contribution in [1.82, 2.24) is 5.32 Å². The van der Waals surface area contributed by atoms with Gasteiger partial charge in [-0.15, -0.1) is 11.8 Å². The van der Waals surface area contributed by atoms with Crippen LogP contribution in [0.3, 0.4) is 0 Å². The minimum Gasteiger partial charge on any atom is -0.468 e. The Kier molecular flexibility index (Phi) is 6.41. The molecular formula is C12H23NO7S. The second-order valence-corrected chi connectivity index (χ2v) is 7.28. The lowest BCUT2D eigenvalue weighted by atomic mass is 10.0. The number of aliphatic hydroxyl groups is 5. The first-order valence-electron chi connectivity index (χ1n) is 6.50. The average molecular weight is 325 g/mol. The molecule has 0 amide bonds. The highest BCUT2D eigenvalue weighted by Gasteiger charge is 2.49. The molecule has 0 saturated carbocycles. The summed E-state index contributed by atoms with van der Waals surface area (Å²) in [4.78, 5) is 11.7. The summed E-state index contributed by atoms with van der Waals surface area (Å²) in [5, 5.41) is 49.7. The molecule has 1 saturated heterocycles. The molecule has 0 aromatic rings. The Morgan fingerprint density at radius 2 is 1.86 bits per heavy atom. The van der Waals surface area contributed by atoms with Gasteiger partial charge in [-0.1, -0.05) is 0 Å². The molecule has 6 N–H and O–H groups in total. The summed E-state index contributed by atoms with van der Waals surface area (Å²) in [5.74, 6) is -0.493. The van der Waals surface area contributed by atoms with Crippen molar-refractivity contribution in [2.45, 2.75) is 54.4 Å². The Labute approximate surface area is 127 Å². The van der Waals surface area contributed by atoms with Crippen LogP contribution in [0, 0.1) is 0 Å². The van der Waals surface area contributed by atoms with Crippen LogP contribution in [-0.4, -0.2) is 85.8 Å². The van der Waals surface area contributed by atoms with E-state index in [0.717, 1.165) is 0 Å². The number of rotatable bonds is 6. The van der Waals surface area contributed by atoms with Crippen LogP contribution in [0.4, 0.5) is 0 Å². The summed E-state index contributed by atoms with van der Waals surface area (Å²) in [5.41, 5.74) is 0. The van der Waals surface area contributed by atoms with Crippen molar-refractivity contribution in [2.75, 3.05) is 13.7 Å². The largest absolute Gasteiger partial charge is 0.468 e. The van der Waals surface area contributed by atoms with Crippen LogP contribution in [0.1, 0.15) is 13.8 Å². The van der Waals surface area contributed by atoms with Crippen molar-refractivity contribution in [2.24, 2.45) is 0 Å². The Morgan fingerprint density at radius 1 is 1.29 bits per heavy atom. The summed E-state index contributed by atoms with van der Waals surface area (Å²) < 4.78 is 4.10. The van der Waals surface area contributed by atoms with E-state index < -0.39 is 53.2 Å². The molecule has 1 aliphatic heterocycles. The highest BCUT2D eigenvalue weighted by Crippen LogP contribution is 2.40. The summed E-state index contributed by atoms with van der Waals surface area (Å²) >= 11 is 1.22. The standard InChI is InChI=1S/C12H23NO7S/c1-12(2)9(11(19)20-3)13-10(21-12)8(18)7(17)6(16)5(15)4-14/h5-10,13-18H,4H2,1-3H3/t5-,6-,7-,8-,9-,10-/m1/s1. The van der Waals surface area contributed by atoms with Gasteiger partial charge in [0.15, 0.2) is 0 Å². The lowest BCUT2D eigenvalue weighted by Gasteiger charge is -2.29. The fourth-order valence-corrected chi connectivity index (χ4v) is 3.61. The SMILES string of the molecule is COC(=O)[C@H]1N[C@@H]([C@H](O)[C@H](O)[C@H](O)[C@H](O)CO)SC1(C)C. The van der Waals surface area contributed by atoms with Gasteiger partial charge < -0.3 is 30.3 Å². The van der Waals surface area contributed by atoms with Crippen LogP contribution in [-0.2, 0) is 9.53 Å². The van der Waals surface area contributed by atoms with Gasteiger partial charge in [0.2, 0.25) is 0 Å². The number of carbonyl (C=O) groups excluding carboxylic acids is 1. The fourth-order valence-electron chi connectivity index (χ4n) is 2.15. The molecule has 0 unspecified atom stereocenters. The highest BCUT2D eigenvalue weighted by molar-refractivity contribution is 8.01. The van der Waals surface area contributed by atoms with Crippen molar-refractivity contribution in [1.29, 1.82) is 0 Å². The van der Waals surface area contributed by atoms with E-state index in [-0.39, 0.29) is 0 Å². The number of methoxy groups -OCH3 is 1. The van der Waals surface area contributed by atoms with Gasteiger partial charge in [-0.3, -0.25) is 10.1 Å². The Hall–Kier alpha value is -0.420. The molecule has 9 heteroatoms. The molecule has 1 heterocycles. The van der Waals surface area contributed by atoms with E-state index in [9.17, 15) is 25.2 Å². The molecule has 124 valence electrons. The second kappa shape index (κ2) is 7.23. The molecule has 0 radical (unpaired) electrons. The van der Waals surface area contributed by atoms with Crippen LogP contribution in [0.5, 0.6) is 0 Å². The minimum atomic E-state index is -1.70. The van der Waals surface area contributed by atoms with Gasteiger partial charge >= 0.3 is 5.97 Å². The zero-order valence-corrected chi connectivity index (χ0v) is 12.9. The molecule has 0 aliphatic carbocycles. The number of hydrogen-bond acceptors (Lipinski definition) is 9. The Morgan fingerprint density at radius 3 is 2.33 bits per heavy atom. The Bertz CT molecular complexity index is 368. The van der Waals surface area contributed by atoms with Gasteiger partial charge in [-0.05, 0) is 13.8 Å². The molecule has 8 nitrogen and oxygen atoms in total. The molecule has 0 spiro atoms. The molecule has 6 atom stereocenters.